The molecule has 0 aliphatic carbocycles. The highest BCUT2D eigenvalue weighted by molar-refractivity contribution is 5.95. The first-order valence-electron chi connectivity index (χ1n) is 8.48. The van der Waals surface area contributed by atoms with Crippen LogP contribution in [0.1, 0.15) is 28.2 Å². The number of H-pyrrole nitrogens is 1. The Balaban J connectivity index is 1.56. The second-order valence-corrected chi connectivity index (χ2v) is 6.56. The van der Waals surface area contributed by atoms with Crippen molar-refractivity contribution in [1.29, 1.82) is 0 Å². The number of carbonyl (C=O) groups is 1. The van der Waals surface area contributed by atoms with Crippen LogP contribution >= 0.6 is 0 Å². The van der Waals surface area contributed by atoms with E-state index in [0.717, 1.165) is 11.3 Å². The number of hydrogen-bond acceptors (Lipinski definition) is 5. The van der Waals surface area contributed by atoms with E-state index in [4.69, 9.17) is 0 Å². The molecule has 26 heavy (non-hydrogen) atoms. The van der Waals surface area contributed by atoms with E-state index >= 15 is 0 Å². The lowest BCUT2D eigenvalue weighted by molar-refractivity contribution is 0.0381. The third-order valence-electron chi connectivity index (χ3n) is 4.81. The molecule has 7 heteroatoms. The van der Waals surface area contributed by atoms with Gasteiger partial charge in [-0.2, -0.15) is 15.4 Å². The molecule has 0 bridgehead atoms. The highest BCUT2D eigenvalue weighted by Crippen LogP contribution is 2.31. The van der Waals surface area contributed by atoms with Gasteiger partial charge in [0.05, 0.1) is 29.7 Å². The molecule has 2 aromatic heterocycles. The van der Waals surface area contributed by atoms with E-state index in [1.54, 1.807) is 11.0 Å². The van der Waals surface area contributed by atoms with E-state index < -0.39 is 5.60 Å². The number of nitrogens with one attached hydrogen (secondary N) is 1. The first kappa shape index (κ1) is 16.4. The quantitative estimate of drug-likeness (QED) is 0.753. The maximum Gasteiger partial charge on any atom is 0.255 e. The highest BCUT2D eigenvalue weighted by atomic mass is 16.3. The molecular formula is C19H19N5O2. The first-order valence-corrected chi connectivity index (χ1v) is 8.48. The van der Waals surface area contributed by atoms with Gasteiger partial charge in [0, 0.05) is 18.5 Å². The molecule has 0 saturated carbocycles. The van der Waals surface area contributed by atoms with E-state index in [-0.39, 0.29) is 12.5 Å². The smallest absolute Gasteiger partial charge is 0.255 e. The van der Waals surface area contributed by atoms with Crippen LogP contribution < -0.4 is 0 Å². The minimum absolute atomic E-state index is 0.131. The number of benzene rings is 1. The van der Waals surface area contributed by atoms with E-state index in [2.05, 4.69) is 20.4 Å². The third-order valence-corrected chi connectivity index (χ3v) is 4.81. The summed E-state index contributed by atoms with van der Waals surface area (Å²) in [7, 11) is 0. The second-order valence-electron chi connectivity index (χ2n) is 6.56. The number of aliphatic hydroxyl groups is 1. The average molecular weight is 349 g/mol. The molecule has 7 nitrogen and oxygen atoms in total. The van der Waals surface area contributed by atoms with Crippen LogP contribution in [0.25, 0.3) is 11.3 Å². The zero-order valence-corrected chi connectivity index (χ0v) is 14.4. The number of amides is 1. The van der Waals surface area contributed by atoms with Crippen molar-refractivity contribution in [2.45, 2.75) is 18.9 Å². The van der Waals surface area contributed by atoms with Gasteiger partial charge in [0.2, 0.25) is 0 Å². The lowest BCUT2D eigenvalue weighted by Gasteiger charge is -2.21. The van der Waals surface area contributed by atoms with Gasteiger partial charge in [0.1, 0.15) is 11.3 Å². The summed E-state index contributed by atoms with van der Waals surface area (Å²) >= 11 is 0. The summed E-state index contributed by atoms with van der Waals surface area (Å²) < 4.78 is 0. The molecule has 3 aromatic rings. The summed E-state index contributed by atoms with van der Waals surface area (Å²) in [6, 6.07) is 13.5. The zero-order chi connectivity index (χ0) is 18.1. The summed E-state index contributed by atoms with van der Waals surface area (Å²) in [5.41, 5.74) is 2.37. The molecule has 1 aliphatic heterocycles. The Hall–Kier alpha value is -3.06. The van der Waals surface area contributed by atoms with Crippen LogP contribution in [0, 0.1) is 6.92 Å². The Morgan fingerprint density at radius 1 is 1.23 bits per heavy atom. The van der Waals surface area contributed by atoms with Crippen molar-refractivity contribution in [2.75, 3.05) is 13.1 Å². The largest absolute Gasteiger partial charge is 0.381 e. The van der Waals surface area contributed by atoms with Crippen LogP contribution in [0.4, 0.5) is 0 Å². The van der Waals surface area contributed by atoms with Crippen molar-refractivity contribution in [3.05, 3.63) is 65.6 Å². The lowest BCUT2D eigenvalue weighted by Crippen LogP contribution is -2.35. The standard InChI is InChI=1S/C19H19N5O2/c1-13-15(7-8-16(21-13)14-5-3-2-4-6-14)18(25)24-10-9-19(26,12-24)17-11-20-23-22-17/h2-8,11,26H,9-10,12H2,1H3,(H,20,22,23). The van der Waals surface area contributed by atoms with Crippen molar-refractivity contribution in [1.82, 2.24) is 25.3 Å². The monoisotopic (exact) mass is 349 g/mol. The normalized spacial score (nSPS) is 19.7. The Kier molecular flexibility index (Phi) is 4.00. The molecule has 1 saturated heterocycles. The van der Waals surface area contributed by atoms with Crippen molar-refractivity contribution >= 4 is 5.91 Å². The molecule has 1 amide bonds. The van der Waals surface area contributed by atoms with Gasteiger partial charge in [-0.1, -0.05) is 30.3 Å². The number of nitrogens with zero attached hydrogens (tertiary/aromatic N) is 4. The molecule has 1 atom stereocenters. The first-order chi connectivity index (χ1) is 12.6. The lowest BCUT2D eigenvalue weighted by atomic mass is 10.00. The maximum absolute atomic E-state index is 12.9. The fourth-order valence-electron chi connectivity index (χ4n) is 3.33. The molecular weight excluding hydrogens is 330 g/mol. The second kappa shape index (κ2) is 6.34. The van der Waals surface area contributed by atoms with E-state index in [1.165, 1.54) is 6.20 Å². The Morgan fingerprint density at radius 3 is 2.73 bits per heavy atom. The SMILES string of the molecule is Cc1nc(-c2ccccc2)ccc1C(=O)N1CCC(O)(c2cn[nH]n2)C1. The number of pyridine rings is 1. The van der Waals surface area contributed by atoms with Gasteiger partial charge in [-0.05, 0) is 19.1 Å². The minimum atomic E-state index is -1.16. The summed E-state index contributed by atoms with van der Waals surface area (Å²) in [4.78, 5) is 19.1. The molecule has 3 heterocycles. The molecule has 1 fully saturated rings. The summed E-state index contributed by atoms with van der Waals surface area (Å²) in [6.45, 7) is 2.49. The van der Waals surface area contributed by atoms with Crippen LogP contribution in [0.15, 0.2) is 48.7 Å². The molecule has 1 aliphatic rings. The zero-order valence-electron chi connectivity index (χ0n) is 14.4. The molecule has 1 unspecified atom stereocenters. The number of aromatic amines is 1. The van der Waals surface area contributed by atoms with Crippen molar-refractivity contribution < 1.29 is 9.90 Å². The number of hydrogen-bond donors (Lipinski definition) is 2. The van der Waals surface area contributed by atoms with E-state index in [9.17, 15) is 9.90 Å². The number of β-amino-alcohol motifs (C(OH)–C–C–N with tert-alkyl or cyclic N) is 1. The van der Waals surface area contributed by atoms with Crippen molar-refractivity contribution in [3.63, 3.8) is 0 Å². The fraction of sp³-hybridized carbons (Fsp3) is 0.263. The van der Waals surface area contributed by atoms with Crippen LogP contribution in [-0.4, -0.2) is 49.4 Å². The molecule has 4 rings (SSSR count). The Morgan fingerprint density at radius 2 is 2.04 bits per heavy atom. The van der Waals surface area contributed by atoms with Gasteiger partial charge in [0.25, 0.3) is 5.91 Å². The van der Waals surface area contributed by atoms with Gasteiger partial charge in [0.15, 0.2) is 0 Å². The van der Waals surface area contributed by atoms with E-state index in [1.807, 2.05) is 43.3 Å². The van der Waals surface area contributed by atoms with Gasteiger partial charge in [-0.15, -0.1) is 0 Å². The van der Waals surface area contributed by atoms with Crippen molar-refractivity contribution in [2.24, 2.45) is 0 Å². The molecule has 132 valence electrons. The predicted octanol–water partition coefficient (Wildman–Crippen LogP) is 1.91. The summed E-state index contributed by atoms with van der Waals surface area (Å²) in [5, 5.41) is 21.0. The van der Waals surface area contributed by atoms with E-state index in [0.29, 0.717) is 29.9 Å². The van der Waals surface area contributed by atoms with Crippen LogP contribution in [0.5, 0.6) is 0 Å². The van der Waals surface area contributed by atoms with Gasteiger partial charge >= 0.3 is 0 Å². The van der Waals surface area contributed by atoms with Crippen LogP contribution in [0.2, 0.25) is 0 Å². The topological polar surface area (TPSA) is 95.0 Å². The average Bonchev–Trinajstić information content (AvgIpc) is 3.33. The fourth-order valence-corrected chi connectivity index (χ4v) is 3.33. The number of carbonyl (C=O) groups excluding carboxylic acids is 1. The van der Waals surface area contributed by atoms with Gasteiger partial charge in [-0.25, -0.2) is 0 Å². The molecule has 1 aromatic carbocycles. The molecule has 0 radical (unpaired) electrons. The third kappa shape index (κ3) is 2.86. The molecule has 0 spiro atoms. The summed E-state index contributed by atoms with van der Waals surface area (Å²) in [6.07, 6.45) is 1.93. The number of aryl methyl sites for hydroxylation is 1. The van der Waals surface area contributed by atoms with Gasteiger partial charge < -0.3 is 10.0 Å². The van der Waals surface area contributed by atoms with Crippen LogP contribution in [0.3, 0.4) is 0 Å². The Bertz CT molecular complexity index is 926. The minimum Gasteiger partial charge on any atom is -0.381 e. The van der Waals surface area contributed by atoms with Crippen molar-refractivity contribution in [3.8, 4) is 11.3 Å². The summed E-state index contributed by atoms with van der Waals surface area (Å²) in [5.74, 6) is -0.131. The van der Waals surface area contributed by atoms with Gasteiger partial charge in [-0.3, -0.25) is 9.78 Å². The van der Waals surface area contributed by atoms with Crippen LogP contribution in [-0.2, 0) is 5.60 Å². The predicted molar refractivity (Wildman–Crippen MR) is 95.2 cm³/mol. The highest BCUT2D eigenvalue weighted by Gasteiger charge is 2.42. The maximum atomic E-state index is 12.9. The number of likely N-dealkylation sites (tertiary alicyclic amines) is 1. The number of aromatic nitrogens is 4. The molecule has 2 N–H and O–H groups in total. The number of rotatable bonds is 3. The Labute approximate surface area is 150 Å².